The molecule has 0 aromatic carbocycles. The second-order valence-corrected chi connectivity index (χ2v) is 16.3. The predicted molar refractivity (Wildman–Crippen MR) is 172 cm³/mol. The predicted octanol–water partition coefficient (Wildman–Crippen LogP) is 1.28. The van der Waals surface area contributed by atoms with E-state index in [4.69, 9.17) is 28.4 Å². The Labute approximate surface area is 309 Å². The van der Waals surface area contributed by atoms with Crippen LogP contribution in [-0.4, -0.2) is 106 Å². The molecule has 1 spiro atoms. The number of carboxylic acid groups (broad SMARTS) is 1. The van der Waals surface area contributed by atoms with Gasteiger partial charge in [-0.25, -0.2) is 0 Å². The maximum absolute atomic E-state index is 11.8. The topological polar surface area (TPSA) is 153 Å². The van der Waals surface area contributed by atoms with Crippen molar-refractivity contribution in [3.8, 4) is 0 Å². The van der Waals surface area contributed by atoms with E-state index in [0.717, 1.165) is 32.1 Å². The zero-order valence-corrected chi connectivity index (χ0v) is 33.0. The molecule has 5 rings (SSSR count). The van der Waals surface area contributed by atoms with Crippen LogP contribution in [0, 0.1) is 35.5 Å². The number of aliphatic hydroxyl groups excluding tert-OH is 2. The number of methoxy groups -OCH3 is 1. The van der Waals surface area contributed by atoms with Gasteiger partial charge in [-0.1, -0.05) is 41.5 Å². The van der Waals surface area contributed by atoms with Crippen molar-refractivity contribution in [1.29, 1.82) is 0 Å². The van der Waals surface area contributed by atoms with Crippen LogP contribution in [0.1, 0.15) is 107 Å². The Bertz CT molecular complexity index is 1110. The summed E-state index contributed by atoms with van der Waals surface area (Å²) < 4.78 is 39.4. The summed E-state index contributed by atoms with van der Waals surface area (Å²) in [5.74, 6) is -4.52. The molecule has 0 bridgehead atoms. The summed E-state index contributed by atoms with van der Waals surface area (Å²) in [4.78, 5) is 11.8. The Morgan fingerprint density at radius 1 is 1.02 bits per heavy atom. The van der Waals surface area contributed by atoms with Crippen molar-refractivity contribution < 1.29 is 83.2 Å². The van der Waals surface area contributed by atoms with Crippen molar-refractivity contribution in [2.45, 2.75) is 172 Å². The normalized spacial score (nSPS) is 49.8. The maximum Gasteiger partial charge on any atom is 1.00 e. The standard InChI is InChI=1S/C36H62O11.Na/c1-10-34(31-20(3)16-26(43-31)28-19(2)15-21(4)36(41,18-37)46-28)12-11-27(44-34)33(8)13-14-35(47-33)17-25(38)22(5)30(45-35)23(6)29(42-9)24(7)32(39)40;/h19-31,37-38,41H,10-18H2,1-9H3,(H,39,40);/q;+1/t19-,20-,21+,22+,23-,24+,25-,26+,27+,28-,29+,30-,31+,33-,34-,35+,36-;/m1./s1. The molecule has 17 atom stereocenters. The van der Waals surface area contributed by atoms with Gasteiger partial charge in [0.25, 0.3) is 0 Å². The van der Waals surface area contributed by atoms with Crippen LogP contribution in [0.2, 0.25) is 0 Å². The molecule has 12 heteroatoms. The largest absolute Gasteiger partial charge is 1.00 e. The molecule has 0 aromatic heterocycles. The second-order valence-electron chi connectivity index (χ2n) is 16.3. The first-order chi connectivity index (χ1) is 22.0. The van der Waals surface area contributed by atoms with Gasteiger partial charge < -0.3 is 48.8 Å². The van der Waals surface area contributed by atoms with Crippen LogP contribution >= 0.6 is 0 Å². The van der Waals surface area contributed by atoms with E-state index < -0.39 is 59.6 Å². The SMILES string of the molecule is CC[C@]1([C@H]2O[C@H]([C@@H]3O[C@](O)(CO)[C@@H](C)C[C@H]3C)C[C@H]2C)CC[C@@H]([C@@]2(C)CC[C@@]3(C[C@@H](O)[C@H](C)[C@H]([C@H](C)[C@H](OC)[C@H](C)C(=O)O)O3)O2)O1.[Na+]. The van der Waals surface area contributed by atoms with E-state index in [1.165, 1.54) is 7.11 Å². The molecule has 0 amide bonds. The number of hydrogen-bond acceptors (Lipinski definition) is 10. The molecule has 0 unspecified atom stereocenters. The van der Waals surface area contributed by atoms with Gasteiger partial charge in [-0.05, 0) is 64.2 Å². The minimum absolute atomic E-state index is 0. The Kier molecular flexibility index (Phi) is 13.0. The first-order valence-corrected chi connectivity index (χ1v) is 18.1. The van der Waals surface area contributed by atoms with Crippen LogP contribution in [0.5, 0.6) is 0 Å². The average molecular weight is 694 g/mol. The Morgan fingerprint density at radius 3 is 2.31 bits per heavy atom. The number of carboxylic acids is 1. The molecule has 0 saturated carbocycles. The molecule has 11 nitrogen and oxygen atoms in total. The van der Waals surface area contributed by atoms with E-state index in [2.05, 4.69) is 27.7 Å². The third-order valence-corrected chi connectivity index (χ3v) is 13.0. The molecule has 5 aliphatic heterocycles. The maximum atomic E-state index is 11.8. The summed E-state index contributed by atoms with van der Waals surface area (Å²) in [7, 11) is 1.52. The number of ether oxygens (including phenoxy) is 6. The van der Waals surface area contributed by atoms with Gasteiger partial charge in [0.05, 0.1) is 66.5 Å². The Hall–Kier alpha value is 0.110. The molecular weight excluding hydrogens is 631 g/mol. The summed E-state index contributed by atoms with van der Waals surface area (Å²) >= 11 is 0. The number of hydrogen-bond donors (Lipinski definition) is 4. The van der Waals surface area contributed by atoms with Crippen molar-refractivity contribution in [3.63, 3.8) is 0 Å². The molecule has 5 heterocycles. The molecule has 272 valence electrons. The summed E-state index contributed by atoms with van der Waals surface area (Å²) in [6, 6.07) is 0. The minimum Gasteiger partial charge on any atom is -0.481 e. The smallest absolute Gasteiger partial charge is 0.481 e. The number of rotatable bonds is 10. The summed E-state index contributed by atoms with van der Waals surface area (Å²) in [6.07, 6.45) is 2.99. The number of aliphatic carboxylic acids is 1. The first kappa shape index (κ1) is 40.9. The number of carbonyl (C=O) groups is 1. The molecule has 0 aromatic rings. The van der Waals surface area contributed by atoms with E-state index in [-0.39, 0.29) is 83.6 Å². The second kappa shape index (κ2) is 15.2. The van der Waals surface area contributed by atoms with Crippen LogP contribution < -0.4 is 29.6 Å². The van der Waals surface area contributed by atoms with Crippen molar-refractivity contribution in [2.75, 3.05) is 13.7 Å². The summed E-state index contributed by atoms with van der Waals surface area (Å²) in [5.41, 5.74) is -1.15. The van der Waals surface area contributed by atoms with Gasteiger partial charge in [0.2, 0.25) is 0 Å². The van der Waals surface area contributed by atoms with Crippen LogP contribution in [0.25, 0.3) is 0 Å². The van der Waals surface area contributed by atoms with E-state index in [1.807, 2.05) is 20.8 Å². The molecule has 4 N–H and O–H groups in total. The zero-order chi connectivity index (χ0) is 34.7. The summed E-state index contributed by atoms with van der Waals surface area (Å²) in [5, 5.41) is 41.8. The molecule has 0 radical (unpaired) electrons. The van der Waals surface area contributed by atoms with Gasteiger partial charge in [0, 0.05) is 37.7 Å². The Balaban J connectivity index is 0.00000520. The molecular formula is C36H62NaO11+. The van der Waals surface area contributed by atoms with Gasteiger partial charge in [0.15, 0.2) is 11.6 Å². The molecule has 48 heavy (non-hydrogen) atoms. The molecule has 5 fully saturated rings. The summed E-state index contributed by atoms with van der Waals surface area (Å²) in [6.45, 7) is 15.6. The fourth-order valence-electron chi connectivity index (χ4n) is 9.91. The molecule has 5 aliphatic rings. The van der Waals surface area contributed by atoms with Crippen LogP contribution in [0.15, 0.2) is 0 Å². The number of aliphatic hydroxyl groups is 3. The van der Waals surface area contributed by atoms with E-state index >= 15 is 0 Å². The molecule has 0 aliphatic carbocycles. The average Bonchev–Trinajstić information content (AvgIpc) is 3.73. The van der Waals surface area contributed by atoms with Crippen molar-refractivity contribution in [2.24, 2.45) is 35.5 Å². The Morgan fingerprint density at radius 2 is 1.71 bits per heavy atom. The first-order valence-electron chi connectivity index (χ1n) is 18.1. The fourth-order valence-corrected chi connectivity index (χ4v) is 9.91. The third kappa shape index (κ3) is 7.33. The van der Waals surface area contributed by atoms with Gasteiger partial charge in [-0.3, -0.25) is 4.79 Å². The van der Waals surface area contributed by atoms with Gasteiger partial charge in [-0.15, -0.1) is 0 Å². The van der Waals surface area contributed by atoms with Gasteiger partial charge >= 0.3 is 35.5 Å². The molecule has 5 saturated heterocycles. The zero-order valence-electron chi connectivity index (χ0n) is 31.0. The van der Waals surface area contributed by atoms with E-state index in [9.17, 15) is 25.2 Å². The van der Waals surface area contributed by atoms with E-state index in [1.54, 1.807) is 6.92 Å². The van der Waals surface area contributed by atoms with Crippen LogP contribution in [0.4, 0.5) is 0 Å². The third-order valence-electron chi connectivity index (χ3n) is 13.0. The fraction of sp³-hybridized carbons (Fsp3) is 0.972. The minimum atomic E-state index is -1.56. The van der Waals surface area contributed by atoms with Crippen molar-refractivity contribution in [1.82, 2.24) is 0 Å². The van der Waals surface area contributed by atoms with Crippen molar-refractivity contribution in [3.05, 3.63) is 0 Å². The monoisotopic (exact) mass is 693 g/mol. The quantitative estimate of drug-likeness (QED) is 0.245. The van der Waals surface area contributed by atoms with Crippen LogP contribution in [-0.2, 0) is 33.2 Å². The van der Waals surface area contributed by atoms with E-state index in [0.29, 0.717) is 19.3 Å². The van der Waals surface area contributed by atoms with Gasteiger partial charge in [-0.2, -0.15) is 0 Å². The van der Waals surface area contributed by atoms with Crippen LogP contribution in [0.3, 0.4) is 0 Å². The van der Waals surface area contributed by atoms with Crippen molar-refractivity contribution >= 4 is 5.97 Å². The van der Waals surface area contributed by atoms with Gasteiger partial charge in [0.1, 0.15) is 0 Å².